The molecule has 4 fully saturated rings. The number of hydrogen-bond donors (Lipinski definition) is 5. The van der Waals surface area contributed by atoms with E-state index < -0.39 is 66.9 Å². The highest BCUT2D eigenvalue weighted by atomic mass is 16.4. The van der Waals surface area contributed by atoms with Crippen LogP contribution < -0.4 is 16.0 Å². The lowest BCUT2D eigenvalue weighted by molar-refractivity contribution is -0.147. The van der Waals surface area contributed by atoms with E-state index in [4.69, 9.17) is 5.11 Å². The molecule has 5 N–H and O–H groups in total. The SMILES string of the molecule is O=C(O)CNC(=O)[C@@H]1CCCN1C(=O)[C@@H]1C[C@@H](O)CN1C(=O)CNC(=O)[C@@H]1CCCN1C(=O)[C@@H]1CCCN1. The third kappa shape index (κ3) is 6.07. The molecule has 14 nitrogen and oxygen atoms in total. The van der Waals surface area contributed by atoms with Crippen molar-refractivity contribution >= 4 is 35.5 Å². The van der Waals surface area contributed by atoms with Gasteiger partial charge in [0.1, 0.15) is 24.7 Å². The zero-order valence-corrected chi connectivity index (χ0v) is 21.3. The summed E-state index contributed by atoms with van der Waals surface area (Å²) in [5.74, 6) is -3.36. The van der Waals surface area contributed by atoms with Gasteiger partial charge in [0.05, 0.1) is 18.7 Å². The van der Waals surface area contributed by atoms with Crippen LogP contribution in [-0.2, 0) is 28.8 Å². The van der Waals surface area contributed by atoms with E-state index in [-0.39, 0.29) is 31.5 Å². The van der Waals surface area contributed by atoms with Crippen LogP contribution in [0.5, 0.6) is 0 Å². The van der Waals surface area contributed by atoms with Crippen LogP contribution in [0.2, 0.25) is 0 Å². The number of likely N-dealkylation sites (tertiary alicyclic amines) is 3. The van der Waals surface area contributed by atoms with Crippen LogP contribution in [0.15, 0.2) is 0 Å². The standard InChI is InChI=1S/C24H36N6O8/c31-14-10-18(24(38)29-9-3-6-17(29)22(36)27-12-20(33)34)30(13-14)19(32)11-26-21(35)16-5-2-8-28(16)23(37)15-4-1-7-25-15/h14-18,25,31H,1-13H2,(H,26,35)(H,27,36)(H,33,34)/t14-,15+,16+,17+,18+/m1/s1. The highest BCUT2D eigenvalue weighted by molar-refractivity contribution is 5.95. The van der Waals surface area contributed by atoms with Gasteiger partial charge in [-0.15, -0.1) is 0 Å². The van der Waals surface area contributed by atoms with E-state index in [9.17, 15) is 33.9 Å². The number of hydrogen-bond acceptors (Lipinski definition) is 8. The van der Waals surface area contributed by atoms with Crippen LogP contribution in [0.25, 0.3) is 0 Å². The number of carboxylic acids is 1. The maximum absolute atomic E-state index is 13.3. The summed E-state index contributed by atoms with van der Waals surface area (Å²) >= 11 is 0. The molecule has 0 radical (unpaired) electrons. The molecule has 4 rings (SSSR count). The molecule has 14 heteroatoms. The van der Waals surface area contributed by atoms with Gasteiger partial charge in [-0.25, -0.2) is 0 Å². The average molecular weight is 537 g/mol. The number of amides is 5. The van der Waals surface area contributed by atoms with E-state index in [2.05, 4.69) is 16.0 Å². The second kappa shape index (κ2) is 12.1. The number of β-amino-alcohol motifs (C(OH)–C–C–N with tert-alkyl or cyclic N) is 1. The second-order valence-corrected chi connectivity index (χ2v) is 10.3. The van der Waals surface area contributed by atoms with Gasteiger partial charge in [-0.1, -0.05) is 0 Å². The summed E-state index contributed by atoms with van der Waals surface area (Å²) < 4.78 is 0. The van der Waals surface area contributed by atoms with Gasteiger partial charge in [-0.05, 0) is 45.1 Å². The van der Waals surface area contributed by atoms with E-state index in [1.165, 1.54) is 9.80 Å². The summed E-state index contributed by atoms with van der Waals surface area (Å²) in [5.41, 5.74) is 0. The molecule has 4 aliphatic rings. The number of aliphatic carboxylic acids is 1. The van der Waals surface area contributed by atoms with Gasteiger partial charge in [-0.3, -0.25) is 28.8 Å². The van der Waals surface area contributed by atoms with Crippen LogP contribution in [0.4, 0.5) is 0 Å². The second-order valence-electron chi connectivity index (χ2n) is 10.3. The summed E-state index contributed by atoms with van der Waals surface area (Å²) in [5, 5.41) is 27.1. The van der Waals surface area contributed by atoms with E-state index >= 15 is 0 Å². The summed E-state index contributed by atoms with van der Waals surface area (Å²) in [6.45, 7) is 0.480. The Morgan fingerprint density at radius 3 is 1.95 bits per heavy atom. The highest BCUT2D eigenvalue weighted by Gasteiger charge is 2.45. The Balaban J connectivity index is 1.34. The van der Waals surface area contributed by atoms with Crippen molar-refractivity contribution in [3.05, 3.63) is 0 Å². The lowest BCUT2D eigenvalue weighted by Gasteiger charge is -2.31. The molecule has 0 saturated carbocycles. The number of carbonyl (C=O) groups excluding carboxylic acids is 5. The Labute approximate surface area is 220 Å². The first-order valence-corrected chi connectivity index (χ1v) is 13.3. The fraction of sp³-hybridized carbons (Fsp3) is 0.750. The lowest BCUT2D eigenvalue weighted by Crippen LogP contribution is -2.55. The quantitative estimate of drug-likeness (QED) is 0.215. The number of rotatable bonds is 8. The van der Waals surface area contributed by atoms with Crippen molar-refractivity contribution in [1.29, 1.82) is 0 Å². The van der Waals surface area contributed by atoms with Crippen molar-refractivity contribution in [2.24, 2.45) is 0 Å². The Bertz CT molecular complexity index is 970. The molecule has 0 aromatic carbocycles. The van der Waals surface area contributed by atoms with Gasteiger partial charge in [-0.2, -0.15) is 0 Å². The molecule has 0 unspecified atom stereocenters. The first-order chi connectivity index (χ1) is 18.2. The molecule has 4 heterocycles. The first kappa shape index (κ1) is 27.8. The zero-order valence-electron chi connectivity index (χ0n) is 21.3. The normalized spacial score (nSPS) is 29.0. The molecular formula is C24H36N6O8. The predicted molar refractivity (Wildman–Crippen MR) is 130 cm³/mol. The summed E-state index contributed by atoms with van der Waals surface area (Å²) in [4.78, 5) is 79.5. The molecular weight excluding hydrogens is 500 g/mol. The Morgan fingerprint density at radius 1 is 0.763 bits per heavy atom. The monoisotopic (exact) mass is 536 g/mol. The minimum atomic E-state index is -1.20. The van der Waals surface area contributed by atoms with Crippen LogP contribution in [0.1, 0.15) is 44.9 Å². The van der Waals surface area contributed by atoms with Gasteiger partial charge in [0.25, 0.3) is 0 Å². The number of nitrogens with zero attached hydrogens (tertiary/aromatic N) is 3. The Kier molecular flexibility index (Phi) is 8.82. The first-order valence-electron chi connectivity index (χ1n) is 13.3. The largest absolute Gasteiger partial charge is 0.480 e. The van der Waals surface area contributed by atoms with Gasteiger partial charge < -0.3 is 40.9 Å². The maximum Gasteiger partial charge on any atom is 0.322 e. The molecule has 0 aromatic heterocycles. The molecule has 0 aromatic rings. The molecule has 0 spiro atoms. The highest BCUT2D eigenvalue weighted by Crippen LogP contribution is 2.26. The fourth-order valence-electron chi connectivity index (χ4n) is 5.88. The van der Waals surface area contributed by atoms with Crippen LogP contribution in [0.3, 0.4) is 0 Å². The fourth-order valence-corrected chi connectivity index (χ4v) is 5.88. The molecule has 210 valence electrons. The van der Waals surface area contributed by atoms with Gasteiger partial charge in [0, 0.05) is 26.1 Å². The van der Waals surface area contributed by atoms with Gasteiger partial charge in [0.15, 0.2) is 0 Å². The molecule has 5 amide bonds. The third-order valence-corrected chi connectivity index (χ3v) is 7.75. The van der Waals surface area contributed by atoms with Crippen molar-refractivity contribution in [1.82, 2.24) is 30.7 Å². The van der Waals surface area contributed by atoms with Crippen molar-refractivity contribution in [2.75, 3.05) is 39.3 Å². The molecule has 0 aliphatic carbocycles. The summed E-state index contributed by atoms with van der Waals surface area (Å²) in [6.07, 6.45) is 2.80. The Hall–Kier alpha value is -3.26. The van der Waals surface area contributed by atoms with E-state index in [0.717, 1.165) is 19.4 Å². The number of nitrogens with one attached hydrogen (secondary N) is 3. The topological polar surface area (TPSA) is 189 Å². The average Bonchev–Trinajstić information content (AvgIpc) is 3.70. The molecule has 4 aliphatic heterocycles. The minimum absolute atomic E-state index is 0.00220. The summed E-state index contributed by atoms with van der Waals surface area (Å²) in [7, 11) is 0. The van der Waals surface area contributed by atoms with E-state index in [0.29, 0.717) is 32.2 Å². The van der Waals surface area contributed by atoms with Crippen molar-refractivity contribution in [3.63, 3.8) is 0 Å². The summed E-state index contributed by atoms with van der Waals surface area (Å²) in [6, 6.07) is -2.80. The number of aliphatic hydroxyl groups is 1. The predicted octanol–water partition coefficient (Wildman–Crippen LogP) is -3.00. The number of aliphatic hydroxyl groups excluding tert-OH is 1. The number of carboxylic acid groups (broad SMARTS) is 1. The molecule has 38 heavy (non-hydrogen) atoms. The number of carbonyl (C=O) groups is 6. The van der Waals surface area contributed by atoms with Crippen LogP contribution in [0, 0.1) is 0 Å². The minimum Gasteiger partial charge on any atom is -0.480 e. The maximum atomic E-state index is 13.3. The van der Waals surface area contributed by atoms with Crippen molar-refractivity contribution in [3.8, 4) is 0 Å². The van der Waals surface area contributed by atoms with Crippen LogP contribution in [-0.4, -0.2) is 130 Å². The molecule has 5 atom stereocenters. The van der Waals surface area contributed by atoms with E-state index in [1.807, 2.05) is 0 Å². The van der Waals surface area contributed by atoms with Crippen molar-refractivity contribution < 1.29 is 39.0 Å². The zero-order chi connectivity index (χ0) is 27.4. The smallest absolute Gasteiger partial charge is 0.322 e. The van der Waals surface area contributed by atoms with Gasteiger partial charge in [0.2, 0.25) is 29.5 Å². The molecule has 4 saturated heterocycles. The Morgan fingerprint density at radius 2 is 1.37 bits per heavy atom. The van der Waals surface area contributed by atoms with Crippen molar-refractivity contribution in [2.45, 2.75) is 75.2 Å². The lowest BCUT2D eigenvalue weighted by atomic mass is 10.1. The molecule has 0 bridgehead atoms. The van der Waals surface area contributed by atoms with E-state index in [1.54, 1.807) is 4.90 Å². The third-order valence-electron chi connectivity index (χ3n) is 7.75. The van der Waals surface area contributed by atoms with Crippen LogP contribution >= 0.6 is 0 Å². The van der Waals surface area contributed by atoms with Gasteiger partial charge >= 0.3 is 5.97 Å².